The molecule has 4 heteroatoms. The van der Waals surface area contributed by atoms with Crippen LogP contribution >= 0.6 is 0 Å². The van der Waals surface area contributed by atoms with E-state index < -0.39 is 0 Å². The average molecular weight is 239 g/mol. The fourth-order valence-electron chi connectivity index (χ4n) is 1.59. The number of nitrogens with one attached hydrogen (secondary N) is 1. The Labute approximate surface area is 106 Å². The second kappa shape index (κ2) is 5.69. The number of aromatic hydroxyl groups is 1. The molecule has 0 bridgehead atoms. The summed E-state index contributed by atoms with van der Waals surface area (Å²) in [5.74, 6) is 0.975. The summed E-state index contributed by atoms with van der Waals surface area (Å²) in [6.07, 6.45) is 0.832. The maximum Gasteiger partial charge on any atom is 0.142 e. The van der Waals surface area contributed by atoms with Gasteiger partial charge in [-0.1, -0.05) is 18.2 Å². The zero-order valence-corrected chi connectivity index (χ0v) is 9.80. The van der Waals surface area contributed by atoms with E-state index in [4.69, 9.17) is 10.4 Å². The largest absolute Gasteiger partial charge is 0.508 e. The van der Waals surface area contributed by atoms with E-state index in [1.807, 2.05) is 24.3 Å². The van der Waals surface area contributed by atoms with Crippen molar-refractivity contribution in [3.8, 4) is 11.8 Å². The first-order chi connectivity index (χ1) is 8.78. The standard InChI is InChI=1S/C14H13N3O/c15-10-12-2-1-3-14(17-12)16-9-8-11-4-6-13(18)7-5-11/h1-7,18H,8-9H2,(H,16,17). The lowest BCUT2D eigenvalue weighted by atomic mass is 10.1. The normalized spacial score (nSPS) is 9.72. The minimum absolute atomic E-state index is 0.273. The van der Waals surface area contributed by atoms with E-state index in [9.17, 15) is 0 Å². The molecule has 0 fully saturated rings. The third kappa shape index (κ3) is 3.22. The summed E-state index contributed by atoms with van der Waals surface area (Å²) >= 11 is 0. The summed E-state index contributed by atoms with van der Waals surface area (Å²) < 4.78 is 0. The highest BCUT2D eigenvalue weighted by atomic mass is 16.3. The highest BCUT2D eigenvalue weighted by molar-refractivity contribution is 5.38. The monoisotopic (exact) mass is 239 g/mol. The van der Waals surface area contributed by atoms with Crippen LogP contribution in [0.5, 0.6) is 5.75 Å². The van der Waals surface area contributed by atoms with Crippen LogP contribution in [0.1, 0.15) is 11.3 Å². The minimum atomic E-state index is 0.273. The van der Waals surface area contributed by atoms with Gasteiger partial charge in [0, 0.05) is 6.54 Å². The van der Waals surface area contributed by atoms with Gasteiger partial charge in [-0.15, -0.1) is 0 Å². The smallest absolute Gasteiger partial charge is 0.142 e. The number of hydrogen-bond donors (Lipinski definition) is 2. The van der Waals surface area contributed by atoms with Crippen LogP contribution in [-0.2, 0) is 6.42 Å². The molecule has 0 radical (unpaired) electrons. The number of anilines is 1. The molecule has 90 valence electrons. The van der Waals surface area contributed by atoms with Gasteiger partial charge < -0.3 is 10.4 Å². The Morgan fingerprint density at radius 1 is 1.17 bits per heavy atom. The molecule has 1 heterocycles. The molecule has 4 nitrogen and oxygen atoms in total. The fourth-order valence-corrected chi connectivity index (χ4v) is 1.59. The zero-order valence-electron chi connectivity index (χ0n) is 9.80. The van der Waals surface area contributed by atoms with Crippen molar-refractivity contribution < 1.29 is 5.11 Å². The van der Waals surface area contributed by atoms with Crippen molar-refractivity contribution in [1.82, 2.24) is 4.98 Å². The Hall–Kier alpha value is -2.54. The molecule has 0 saturated carbocycles. The lowest BCUT2D eigenvalue weighted by Crippen LogP contribution is -2.06. The third-order valence-corrected chi connectivity index (χ3v) is 2.52. The van der Waals surface area contributed by atoms with Crippen molar-refractivity contribution in [2.24, 2.45) is 0 Å². The van der Waals surface area contributed by atoms with Crippen LogP contribution in [-0.4, -0.2) is 16.6 Å². The van der Waals surface area contributed by atoms with Gasteiger partial charge in [-0.3, -0.25) is 0 Å². The minimum Gasteiger partial charge on any atom is -0.508 e. The maximum absolute atomic E-state index is 9.16. The van der Waals surface area contributed by atoms with Crippen LogP contribution in [0.2, 0.25) is 0 Å². The molecular formula is C14H13N3O. The molecule has 0 aliphatic carbocycles. The molecule has 0 aliphatic rings. The van der Waals surface area contributed by atoms with Crippen molar-refractivity contribution in [2.45, 2.75) is 6.42 Å². The number of hydrogen-bond acceptors (Lipinski definition) is 4. The van der Waals surface area contributed by atoms with Crippen LogP contribution in [0.4, 0.5) is 5.82 Å². The SMILES string of the molecule is N#Cc1cccc(NCCc2ccc(O)cc2)n1. The molecule has 0 amide bonds. The molecule has 0 atom stereocenters. The predicted octanol–water partition coefficient (Wildman–Crippen LogP) is 2.31. The Bertz CT molecular complexity index is 558. The number of aromatic nitrogens is 1. The van der Waals surface area contributed by atoms with E-state index in [0.29, 0.717) is 11.5 Å². The van der Waals surface area contributed by atoms with Crippen LogP contribution in [0, 0.1) is 11.3 Å². The molecule has 0 aliphatic heterocycles. The van der Waals surface area contributed by atoms with E-state index in [-0.39, 0.29) is 5.75 Å². The van der Waals surface area contributed by atoms with Crippen molar-refractivity contribution in [2.75, 3.05) is 11.9 Å². The summed E-state index contributed by atoms with van der Waals surface area (Å²) in [5, 5.41) is 21.0. The zero-order chi connectivity index (χ0) is 12.8. The summed E-state index contributed by atoms with van der Waals surface area (Å²) in [4.78, 5) is 4.12. The van der Waals surface area contributed by atoms with E-state index in [1.54, 1.807) is 24.3 Å². The molecule has 2 N–H and O–H groups in total. The second-order valence-corrected chi connectivity index (χ2v) is 3.86. The number of phenolic OH excluding ortho intramolecular Hbond substituents is 1. The average Bonchev–Trinajstić information content (AvgIpc) is 2.41. The molecule has 1 aromatic carbocycles. The Morgan fingerprint density at radius 2 is 1.94 bits per heavy atom. The number of phenols is 1. The lowest BCUT2D eigenvalue weighted by Gasteiger charge is -2.05. The van der Waals surface area contributed by atoms with E-state index in [1.165, 1.54) is 0 Å². The molecule has 0 saturated heterocycles. The number of nitrogens with zero attached hydrogens (tertiary/aromatic N) is 2. The summed E-state index contributed by atoms with van der Waals surface area (Å²) in [5.41, 5.74) is 1.54. The van der Waals surface area contributed by atoms with Gasteiger partial charge in [0.05, 0.1) is 0 Å². The Balaban J connectivity index is 1.88. The third-order valence-electron chi connectivity index (χ3n) is 2.52. The van der Waals surface area contributed by atoms with Gasteiger partial charge in [-0.25, -0.2) is 4.98 Å². The molecule has 2 aromatic rings. The van der Waals surface area contributed by atoms with Crippen LogP contribution in [0.3, 0.4) is 0 Å². The Morgan fingerprint density at radius 3 is 2.67 bits per heavy atom. The van der Waals surface area contributed by atoms with E-state index in [0.717, 1.165) is 18.5 Å². The first kappa shape index (κ1) is 11.9. The van der Waals surface area contributed by atoms with Crippen molar-refractivity contribution in [1.29, 1.82) is 5.26 Å². The number of pyridine rings is 1. The number of nitriles is 1. The lowest BCUT2D eigenvalue weighted by molar-refractivity contribution is 0.475. The van der Waals surface area contributed by atoms with Gasteiger partial charge in [0.25, 0.3) is 0 Å². The predicted molar refractivity (Wildman–Crippen MR) is 69.3 cm³/mol. The summed E-state index contributed by atoms with van der Waals surface area (Å²) in [7, 11) is 0. The van der Waals surface area contributed by atoms with Crippen molar-refractivity contribution >= 4 is 5.82 Å². The summed E-state index contributed by atoms with van der Waals surface area (Å²) in [6.45, 7) is 0.729. The van der Waals surface area contributed by atoms with E-state index >= 15 is 0 Å². The summed E-state index contributed by atoms with van der Waals surface area (Å²) in [6, 6.07) is 14.4. The van der Waals surface area contributed by atoms with Gasteiger partial charge in [0.1, 0.15) is 23.3 Å². The Kier molecular flexibility index (Phi) is 3.77. The van der Waals surface area contributed by atoms with Crippen LogP contribution < -0.4 is 5.32 Å². The quantitative estimate of drug-likeness (QED) is 0.859. The molecule has 0 spiro atoms. The van der Waals surface area contributed by atoms with Crippen LogP contribution in [0.25, 0.3) is 0 Å². The number of benzene rings is 1. The molecule has 18 heavy (non-hydrogen) atoms. The van der Waals surface area contributed by atoms with Gasteiger partial charge in [-0.05, 0) is 36.2 Å². The number of rotatable bonds is 4. The highest BCUT2D eigenvalue weighted by Crippen LogP contribution is 2.10. The van der Waals surface area contributed by atoms with Crippen molar-refractivity contribution in [3.63, 3.8) is 0 Å². The maximum atomic E-state index is 9.16. The first-order valence-electron chi connectivity index (χ1n) is 5.67. The van der Waals surface area contributed by atoms with Crippen molar-refractivity contribution in [3.05, 3.63) is 53.7 Å². The van der Waals surface area contributed by atoms with Gasteiger partial charge in [-0.2, -0.15) is 5.26 Å². The molecular weight excluding hydrogens is 226 g/mol. The topological polar surface area (TPSA) is 68.9 Å². The molecule has 1 aromatic heterocycles. The molecule has 0 unspecified atom stereocenters. The van der Waals surface area contributed by atoms with Gasteiger partial charge in [0.15, 0.2) is 0 Å². The van der Waals surface area contributed by atoms with E-state index in [2.05, 4.69) is 10.3 Å². The highest BCUT2D eigenvalue weighted by Gasteiger charge is 1.97. The molecule has 2 rings (SSSR count). The first-order valence-corrected chi connectivity index (χ1v) is 5.67. The van der Waals surface area contributed by atoms with Gasteiger partial charge >= 0.3 is 0 Å². The fraction of sp³-hybridized carbons (Fsp3) is 0.143. The second-order valence-electron chi connectivity index (χ2n) is 3.86. The van der Waals surface area contributed by atoms with Gasteiger partial charge in [0.2, 0.25) is 0 Å². The van der Waals surface area contributed by atoms with Crippen LogP contribution in [0.15, 0.2) is 42.5 Å².